The number of ether oxygens (including phenoxy) is 1. The van der Waals surface area contributed by atoms with Gasteiger partial charge in [-0.05, 0) is 43.7 Å². The van der Waals surface area contributed by atoms with Gasteiger partial charge in [-0.2, -0.15) is 0 Å². The van der Waals surface area contributed by atoms with Crippen molar-refractivity contribution in [2.24, 2.45) is 0 Å². The van der Waals surface area contributed by atoms with Crippen LogP contribution in [0.25, 0.3) is 0 Å². The van der Waals surface area contributed by atoms with E-state index in [1.54, 1.807) is 0 Å². The zero-order valence-electron chi connectivity index (χ0n) is 11.1. The van der Waals surface area contributed by atoms with Crippen LogP contribution in [0.5, 0.6) is 5.75 Å². The molecule has 2 aromatic carbocycles. The fraction of sp³-hybridized carbons (Fsp3) is 0.250. The Labute approximate surface area is 122 Å². The Hall–Kier alpha value is -1.48. The van der Waals surface area contributed by atoms with Gasteiger partial charge >= 0.3 is 0 Å². The molecule has 0 unspecified atom stereocenters. The van der Waals surface area contributed by atoms with Gasteiger partial charge in [0.2, 0.25) is 0 Å². The summed E-state index contributed by atoms with van der Waals surface area (Å²) in [6.45, 7) is 5.77. The largest absolute Gasteiger partial charge is 0.473 e. The summed E-state index contributed by atoms with van der Waals surface area (Å²) >= 11 is 3.52. The van der Waals surface area contributed by atoms with E-state index in [0.29, 0.717) is 6.73 Å². The molecule has 1 aliphatic rings. The van der Waals surface area contributed by atoms with E-state index in [0.717, 1.165) is 16.8 Å². The molecule has 98 valence electrons. The van der Waals surface area contributed by atoms with Gasteiger partial charge < -0.3 is 9.64 Å². The summed E-state index contributed by atoms with van der Waals surface area (Å²) in [4.78, 5) is 2.27. The third-order valence-electron chi connectivity index (χ3n) is 3.45. The van der Waals surface area contributed by atoms with Crippen molar-refractivity contribution in [3.05, 3.63) is 57.6 Å². The van der Waals surface area contributed by atoms with Gasteiger partial charge in [0.15, 0.2) is 6.73 Å². The zero-order chi connectivity index (χ0) is 13.4. The highest BCUT2D eigenvalue weighted by Gasteiger charge is 2.18. The number of anilines is 1. The topological polar surface area (TPSA) is 12.5 Å². The van der Waals surface area contributed by atoms with E-state index in [2.05, 4.69) is 58.9 Å². The number of rotatable bonds is 1. The van der Waals surface area contributed by atoms with Gasteiger partial charge in [0, 0.05) is 22.3 Å². The fourth-order valence-corrected chi connectivity index (χ4v) is 2.93. The third-order valence-corrected chi connectivity index (χ3v) is 3.95. The second-order valence-electron chi connectivity index (χ2n) is 5.01. The predicted molar refractivity (Wildman–Crippen MR) is 81.7 cm³/mol. The Kier molecular flexibility index (Phi) is 3.23. The van der Waals surface area contributed by atoms with Crippen LogP contribution in [0.3, 0.4) is 0 Å². The lowest BCUT2D eigenvalue weighted by atomic mass is 10.1. The smallest absolute Gasteiger partial charge is 0.161 e. The molecule has 0 atom stereocenters. The van der Waals surface area contributed by atoms with E-state index in [-0.39, 0.29) is 0 Å². The lowest BCUT2D eigenvalue weighted by Gasteiger charge is -2.32. The molecule has 19 heavy (non-hydrogen) atoms. The molecule has 0 saturated heterocycles. The summed E-state index contributed by atoms with van der Waals surface area (Å²) in [5.74, 6) is 0.990. The molecule has 0 saturated carbocycles. The van der Waals surface area contributed by atoms with Crippen molar-refractivity contribution in [3.63, 3.8) is 0 Å². The van der Waals surface area contributed by atoms with Crippen molar-refractivity contribution < 1.29 is 4.74 Å². The fourth-order valence-electron chi connectivity index (χ4n) is 2.53. The second kappa shape index (κ2) is 4.89. The number of nitrogens with zero attached hydrogens (tertiary/aromatic N) is 1. The first kappa shape index (κ1) is 12.5. The Balaban J connectivity index is 1.93. The number of benzene rings is 2. The van der Waals surface area contributed by atoms with Gasteiger partial charge in [0.25, 0.3) is 0 Å². The Morgan fingerprint density at radius 1 is 1.11 bits per heavy atom. The normalized spacial score (nSPS) is 13.9. The average molecular weight is 318 g/mol. The van der Waals surface area contributed by atoms with Gasteiger partial charge in [-0.3, -0.25) is 0 Å². The lowest BCUT2D eigenvalue weighted by molar-refractivity contribution is 0.289. The third kappa shape index (κ3) is 2.47. The summed E-state index contributed by atoms with van der Waals surface area (Å²) < 4.78 is 6.93. The van der Waals surface area contributed by atoms with Gasteiger partial charge in [-0.15, -0.1) is 0 Å². The van der Waals surface area contributed by atoms with E-state index in [1.807, 2.05) is 12.1 Å². The predicted octanol–water partition coefficient (Wildman–Crippen LogP) is 4.42. The second-order valence-corrected chi connectivity index (χ2v) is 5.93. The van der Waals surface area contributed by atoms with Gasteiger partial charge in [-0.1, -0.05) is 33.6 Å². The van der Waals surface area contributed by atoms with Crippen LogP contribution >= 0.6 is 15.9 Å². The number of hydrogen-bond acceptors (Lipinski definition) is 2. The molecule has 0 aromatic heterocycles. The van der Waals surface area contributed by atoms with Crippen LogP contribution in [0.1, 0.15) is 16.7 Å². The van der Waals surface area contributed by atoms with Crippen LogP contribution in [0.4, 0.5) is 5.69 Å². The molecule has 0 amide bonds. The van der Waals surface area contributed by atoms with Crippen molar-refractivity contribution in [2.75, 3.05) is 11.6 Å². The summed E-state index contributed by atoms with van der Waals surface area (Å²) in [6.07, 6.45) is 0. The van der Waals surface area contributed by atoms with Crippen molar-refractivity contribution in [2.45, 2.75) is 20.4 Å². The number of hydrogen-bond donors (Lipinski definition) is 0. The zero-order valence-corrected chi connectivity index (χ0v) is 12.7. The van der Waals surface area contributed by atoms with Gasteiger partial charge in [0.1, 0.15) is 5.75 Å². The maximum absolute atomic E-state index is 5.84. The van der Waals surface area contributed by atoms with E-state index in [4.69, 9.17) is 4.74 Å². The quantitative estimate of drug-likeness (QED) is 0.771. The molecule has 2 aromatic rings. The molecular weight excluding hydrogens is 302 g/mol. The molecule has 0 aliphatic carbocycles. The van der Waals surface area contributed by atoms with Crippen LogP contribution in [-0.4, -0.2) is 6.73 Å². The monoisotopic (exact) mass is 317 g/mol. The molecule has 2 nitrogen and oxygen atoms in total. The summed E-state index contributed by atoms with van der Waals surface area (Å²) in [6, 6.07) is 12.7. The lowest BCUT2D eigenvalue weighted by Crippen LogP contribution is -2.32. The van der Waals surface area contributed by atoms with Crippen LogP contribution < -0.4 is 9.64 Å². The molecule has 1 heterocycles. The Bertz CT molecular complexity index is 624. The van der Waals surface area contributed by atoms with E-state index in [9.17, 15) is 0 Å². The first-order chi connectivity index (χ1) is 9.13. The number of halogens is 1. The van der Waals surface area contributed by atoms with E-state index in [1.165, 1.54) is 22.4 Å². The van der Waals surface area contributed by atoms with Gasteiger partial charge in [0.05, 0.1) is 0 Å². The maximum Gasteiger partial charge on any atom is 0.161 e. The Morgan fingerprint density at radius 3 is 2.74 bits per heavy atom. The molecular formula is C16H16BrNO. The van der Waals surface area contributed by atoms with Crippen LogP contribution in [0, 0.1) is 13.8 Å². The van der Waals surface area contributed by atoms with Crippen molar-refractivity contribution >= 4 is 21.6 Å². The van der Waals surface area contributed by atoms with Crippen molar-refractivity contribution in [3.8, 4) is 5.75 Å². The van der Waals surface area contributed by atoms with Crippen molar-refractivity contribution in [1.29, 1.82) is 0 Å². The molecule has 0 spiro atoms. The summed E-state index contributed by atoms with van der Waals surface area (Å²) in [5.41, 5.74) is 5.06. The molecule has 1 aliphatic heterocycles. The first-order valence-electron chi connectivity index (χ1n) is 6.37. The minimum absolute atomic E-state index is 0.610. The minimum atomic E-state index is 0.610. The maximum atomic E-state index is 5.84. The summed E-state index contributed by atoms with van der Waals surface area (Å²) in [7, 11) is 0. The Morgan fingerprint density at radius 2 is 1.95 bits per heavy atom. The van der Waals surface area contributed by atoms with Crippen LogP contribution in [0.15, 0.2) is 40.9 Å². The van der Waals surface area contributed by atoms with Crippen LogP contribution in [-0.2, 0) is 6.54 Å². The molecule has 0 N–H and O–H groups in total. The highest BCUT2D eigenvalue weighted by Crippen LogP contribution is 2.31. The molecule has 0 radical (unpaired) electrons. The SMILES string of the molecule is Cc1ccc(N2COc3ccc(Br)cc3C2)c(C)c1. The van der Waals surface area contributed by atoms with E-state index >= 15 is 0 Å². The highest BCUT2D eigenvalue weighted by atomic mass is 79.9. The highest BCUT2D eigenvalue weighted by molar-refractivity contribution is 9.10. The standard InChI is InChI=1S/C16H16BrNO/c1-11-3-5-15(12(2)7-11)18-9-13-8-14(17)4-6-16(13)19-10-18/h3-8H,9-10H2,1-2H3. The molecule has 3 heteroatoms. The molecule has 0 bridgehead atoms. The van der Waals surface area contributed by atoms with E-state index < -0.39 is 0 Å². The van der Waals surface area contributed by atoms with Gasteiger partial charge in [-0.25, -0.2) is 0 Å². The summed E-state index contributed by atoms with van der Waals surface area (Å²) in [5, 5.41) is 0. The average Bonchev–Trinajstić information content (AvgIpc) is 2.38. The number of fused-ring (bicyclic) bond motifs is 1. The van der Waals surface area contributed by atoms with Crippen molar-refractivity contribution in [1.82, 2.24) is 0 Å². The number of aryl methyl sites for hydroxylation is 2. The molecule has 0 fully saturated rings. The minimum Gasteiger partial charge on any atom is -0.473 e. The van der Waals surface area contributed by atoms with Crippen LogP contribution in [0.2, 0.25) is 0 Å². The molecule has 3 rings (SSSR count). The first-order valence-corrected chi connectivity index (χ1v) is 7.16.